The fraction of sp³-hybridized carbons (Fsp3) is 0.158. The minimum Gasteiger partial charge on any atom is -0.497 e. The molecule has 0 amide bonds. The van der Waals surface area contributed by atoms with E-state index < -0.39 is 7.14 Å². The summed E-state index contributed by atoms with van der Waals surface area (Å²) in [5.41, 5.74) is 1.53. The molecule has 0 radical (unpaired) electrons. The van der Waals surface area contributed by atoms with E-state index in [0.29, 0.717) is 22.5 Å². The number of aromatic nitrogens is 2. The van der Waals surface area contributed by atoms with Crippen LogP contribution >= 0.6 is 18.7 Å². The first-order chi connectivity index (χ1) is 12.9. The van der Waals surface area contributed by atoms with Crippen LogP contribution in [-0.4, -0.2) is 30.4 Å². The molecule has 0 saturated heterocycles. The van der Waals surface area contributed by atoms with Crippen LogP contribution in [0.5, 0.6) is 5.75 Å². The molecule has 0 aliphatic heterocycles. The SMILES string of the molecule is COc1ccc(Nc2ncc(Cl)c(Nc3ccccc3P(C)(C)=O)n2)cc1. The minimum atomic E-state index is -2.46. The highest BCUT2D eigenvalue weighted by Gasteiger charge is 2.17. The Kier molecular flexibility index (Phi) is 5.68. The van der Waals surface area contributed by atoms with E-state index in [-0.39, 0.29) is 0 Å². The van der Waals surface area contributed by atoms with Crippen LogP contribution < -0.4 is 20.7 Å². The van der Waals surface area contributed by atoms with Crippen molar-refractivity contribution in [2.24, 2.45) is 0 Å². The van der Waals surface area contributed by atoms with Gasteiger partial charge in [-0.3, -0.25) is 0 Å². The van der Waals surface area contributed by atoms with Crippen molar-refractivity contribution in [3.63, 3.8) is 0 Å². The van der Waals surface area contributed by atoms with E-state index >= 15 is 0 Å². The molecule has 0 unspecified atom stereocenters. The molecule has 6 nitrogen and oxygen atoms in total. The second kappa shape index (κ2) is 7.99. The molecule has 1 heterocycles. The zero-order chi connectivity index (χ0) is 19.4. The zero-order valence-corrected chi connectivity index (χ0v) is 16.9. The lowest BCUT2D eigenvalue weighted by molar-refractivity contribution is 0.415. The van der Waals surface area contributed by atoms with Crippen molar-refractivity contribution in [3.8, 4) is 5.75 Å². The molecule has 27 heavy (non-hydrogen) atoms. The Balaban J connectivity index is 1.87. The highest BCUT2D eigenvalue weighted by Crippen LogP contribution is 2.38. The number of nitrogens with one attached hydrogen (secondary N) is 2. The third-order valence-corrected chi connectivity index (χ3v) is 5.65. The molecule has 0 aliphatic carbocycles. The summed E-state index contributed by atoms with van der Waals surface area (Å²) < 4.78 is 17.7. The van der Waals surface area contributed by atoms with Crippen LogP contribution in [-0.2, 0) is 4.57 Å². The zero-order valence-electron chi connectivity index (χ0n) is 15.2. The molecule has 0 aliphatic rings. The molecule has 3 rings (SSSR count). The number of ether oxygens (including phenoxy) is 1. The number of anilines is 4. The molecular weight excluding hydrogens is 383 g/mol. The second-order valence-corrected chi connectivity index (χ2v) is 9.83. The number of hydrogen-bond donors (Lipinski definition) is 2. The van der Waals surface area contributed by atoms with Crippen molar-refractivity contribution in [3.05, 3.63) is 59.8 Å². The summed E-state index contributed by atoms with van der Waals surface area (Å²) in [7, 11) is -0.842. The van der Waals surface area contributed by atoms with Gasteiger partial charge in [0.15, 0.2) is 5.82 Å². The lowest BCUT2D eigenvalue weighted by Crippen LogP contribution is -2.10. The van der Waals surface area contributed by atoms with Crippen LogP contribution in [0.15, 0.2) is 54.7 Å². The quantitative estimate of drug-likeness (QED) is 0.573. The molecule has 0 atom stereocenters. The molecule has 0 bridgehead atoms. The summed E-state index contributed by atoms with van der Waals surface area (Å²) in [4.78, 5) is 8.65. The van der Waals surface area contributed by atoms with Gasteiger partial charge in [-0.1, -0.05) is 23.7 Å². The van der Waals surface area contributed by atoms with Gasteiger partial charge < -0.3 is 19.9 Å². The third-order valence-electron chi connectivity index (χ3n) is 3.83. The maximum Gasteiger partial charge on any atom is 0.229 e. The van der Waals surface area contributed by atoms with Crippen LogP contribution in [0.4, 0.5) is 23.1 Å². The monoisotopic (exact) mass is 402 g/mol. The highest BCUT2D eigenvalue weighted by molar-refractivity contribution is 7.70. The normalized spacial score (nSPS) is 11.1. The van der Waals surface area contributed by atoms with Crippen molar-refractivity contribution in [2.45, 2.75) is 0 Å². The van der Waals surface area contributed by atoms with Gasteiger partial charge in [-0.15, -0.1) is 0 Å². The molecular formula is C19H20ClN4O2P. The van der Waals surface area contributed by atoms with E-state index in [1.807, 2.05) is 48.5 Å². The van der Waals surface area contributed by atoms with Gasteiger partial charge in [-0.2, -0.15) is 4.98 Å². The average molecular weight is 403 g/mol. The standard InChI is InChI=1S/C19H20ClN4O2P/c1-26-14-10-8-13(9-11-14)22-19-21-12-15(20)18(24-19)23-16-6-4-5-7-17(16)27(2,3)25/h4-12H,1-3H3,(H2,21,22,23,24). The van der Waals surface area contributed by atoms with Gasteiger partial charge in [0.2, 0.25) is 5.95 Å². The molecule has 2 aromatic carbocycles. The van der Waals surface area contributed by atoms with Crippen molar-refractivity contribution >= 4 is 47.2 Å². The van der Waals surface area contributed by atoms with Crippen LogP contribution in [0.1, 0.15) is 0 Å². The van der Waals surface area contributed by atoms with Crippen LogP contribution in [0, 0.1) is 0 Å². The van der Waals surface area contributed by atoms with Gasteiger partial charge in [0.05, 0.1) is 19.0 Å². The lowest BCUT2D eigenvalue weighted by atomic mass is 10.3. The Labute approximate surface area is 163 Å². The highest BCUT2D eigenvalue weighted by atomic mass is 35.5. The Hall–Kier alpha value is -2.56. The van der Waals surface area contributed by atoms with Crippen molar-refractivity contribution in [2.75, 3.05) is 31.1 Å². The van der Waals surface area contributed by atoms with Crippen LogP contribution in [0.25, 0.3) is 0 Å². The summed E-state index contributed by atoms with van der Waals surface area (Å²) in [6, 6.07) is 14.8. The molecule has 140 valence electrons. The fourth-order valence-electron chi connectivity index (χ4n) is 2.49. The predicted octanol–water partition coefficient (Wildman–Crippen LogP) is 4.87. The first-order valence-electron chi connectivity index (χ1n) is 8.22. The number of halogens is 1. The minimum absolute atomic E-state index is 0.368. The van der Waals surface area contributed by atoms with Gasteiger partial charge in [-0.05, 0) is 49.7 Å². The number of hydrogen-bond acceptors (Lipinski definition) is 6. The summed E-state index contributed by atoms with van der Waals surface area (Å²) in [6.07, 6.45) is 1.52. The van der Waals surface area contributed by atoms with Crippen molar-refractivity contribution in [1.82, 2.24) is 9.97 Å². The molecule has 2 N–H and O–H groups in total. The van der Waals surface area contributed by atoms with Gasteiger partial charge in [0, 0.05) is 11.0 Å². The summed E-state index contributed by atoms with van der Waals surface area (Å²) in [5.74, 6) is 1.59. The number of methoxy groups -OCH3 is 1. The molecule has 3 aromatic rings. The Morgan fingerprint density at radius 2 is 1.74 bits per heavy atom. The van der Waals surface area contributed by atoms with Gasteiger partial charge in [0.25, 0.3) is 0 Å². The second-order valence-electron chi connectivity index (χ2n) is 6.24. The molecule has 1 aromatic heterocycles. The Bertz CT molecular complexity index is 989. The predicted molar refractivity (Wildman–Crippen MR) is 112 cm³/mol. The number of nitrogens with zero attached hydrogens (tertiary/aromatic N) is 2. The maximum atomic E-state index is 12.5. The third kappa shape index (κ3) is 4.79. The average Bonchev–Trinajstić information content (AvgIpc) is 2.65. The Morgan fingerprint density at radius 1 is 1.04 bits per heavy atom. The summed E-state index contributed by atoms with van der Waals surface area (Å²) in [5, 5.41) is 7.41. The molecule has 0 spiro atoms. The fourth-order valence-corrected chi connectivity index (χ4v) is 3.79. The van der Waals surface area contributed by atoms with Gasteiger partial charge in [-0.25, -0.2) is 4.98 Å². The molecule has 8 heteroatoms. The first-order valence-corrected chi connectivity index (χ1v) is 11.2. The lowest BCUT2D eigenvalue weighted by Gasteiger charge is -2.15. The largest absolute Gasteiger partial charge is 0.497 e. The number of rotatable bonds is 6. The number of para-hydroxylation sites is 1. The van der Waals surface area contributed by atoms with Crippen LogP contribution in [0.2, 0.25) is 5.02 Å². The Morgan fingerprint density at radius 3 is 2.41 bits per heavy atom. The van der Waals surface area contributed by atoms with Gasteiger partial charge >= 0.3 is 0 Å². The maximum absolute atomic E-state index is 12.5. The van der Waals surface area contributed by atoms with Crippen molar-refractivity contribution in [1.29, 1.82) is 0 Å². The van der Waals surface area contributed by atoms with E-state index in [9.17, 15) is 4.57 Å². The smallest absolute Gasteiger partial charge is 0.229 e. The van der Waals surface area contributed by atoms with E-state index in [0.717, 1.165) is 16.7 Å². The van der Waals surface area contributed by atoms with Crippen molar-refractivity contribution < 1.29 is 9.30 Å². The van der Waals surface area contributed by atoms with E-state index in [2.05, 4.69) is 20.6 Å². The van der Waals surface area contributed by atoms with E-state index in [1.165, 1.54) is 6.20 Å². The number of benzene rings is 2. The topological polar surface area (TPSA) is 76.1 Å². The molecule has 0 fully saturated rings. The summed E-state index contributed by atoms with van der Waals surface area (Å²) in [6.45, 7) is 3.46. The molecule has 0 saturated carbocycles. The first kappa shape index (κ1) is 19.2. The van der Waals surface area contributed by atoms with E-state index in [4.69, 9.17) is 16.3 Å². The van der Waals surface area contributed by atoms with Crippen LogP contribution in [0.3, 0.4) is 0 Å². The van der Waals surface area contributed by atoms with Gasteiger partial charge in [0.1, 0.15) is 17.9 Å². The van der Waals surface area contributed by atoms with E-state index in [1.54, 1.807) is 20.4 Å². The summed E-state index contributed by atoms with van der Waals surface area (Å²) >= 11 is 6.25.